The van der Waals surface area contributed by atoms with E-state index in [-0.39, 0.29) is 0 Å². The summed E-state index contributed by atoms with van der Waals surface area (Å²) in [6, 6.07) is 52.0. The third-order valence-electron chi connectivity index (χ3n) is 8.57. The maximum atomic E-state index is 5.23. The van der Waals surface area contributed by atoms with Gasteiger partial charge in [0.25, 0.3) is 0 Å². The number of nitrogens with zero attached hydrogens (tertiary/aromatic N) is 5. The summed E-state index contributed by atoms with van der Waals surface area (Å²) in [6.45, 7) is 0. The van der Waals surface area contributed by atoms with Crippen LogP contribution < -0.4 is 0 Å². The zero-order valence-electron chi connectivity index (χ0n) is 25.1. The number of rotatable bonds is 5. The van der Waals surface area contributed by atoms with Gasteiger partial charge in [-0.3, -0.25) is 0 Å². The second kappa shape index (κ2) is 11.4. The van der Waals surface area contributed by atoms with Gasteiger partial charge in [-0.2, -0.15) is 8.75 Å². The molecule has 0 saturated heterocycles. The summed E-state index contributed by atoms with van der Waals surface area (Å²) in [6.07, 6.45) is 0. The molecule has 47 heavy (non-hydrogen) atoms. The highest BCUT2D eigenvalue weighted by molar-refractivity contribution is 7.00. The molecule has 0 unspecified atom stereocenters. The monoisotopic (exact) mass is 619 g/mol. The molecule has 0 amide bonds. The van der Waals surface area contributed by atoms with Crippen LogP contribution in [0.3, 0.4) is 0 Å². The van der Waals surface area contributed by atoms with Gasteiger partial charge in [0.15, 0.2) is 5.82 Å². The molecule has 3 aromatic heterocycles. The van der Waals surface area contributed by atoms with E-state index in [1.165, 1.54) is 11.7 Å². The topological polar surface area (TPSA) is 64.5 Å². The predicted molar refractivity (Wildman–Crippen MR) is 193 cm³/mol. The molecule has 0 saturated carbocycles. The summed E-state index contributed by atoms with van der Waals surface area (Å²) in [7, 11) is 0. The minimum Gasteiger partial charge on any atom is -0.247 e. The number of benzene rings is 6. The zero-order valence-corrected chi connectivity index (χ0v) is 25.9. The molecule has 5 nitrogen and oxygen atoms in total. The van der Waals surface area contributed by atoms with E-state index in [2.05, 4.69) is 95.4 Å². The van der Waals surface area contributed by atoms with Gasteiger partial charge >= 0.3 is 0 Å². The molecule has 9 rings (SSSR count). The lowest BCUT2D eigenvalue weighted by Gasteiger charge is -2.14. The zero-order chi connectivity index (χ0) is 31.2. The molecule has 0 spiro atoms. The van der Waals surface area contributed by atoms with Crippen LogP contribution in [0.1, 0.15) is 0 Å². The Morgan fingerprint density at radius 1 is 0.404 bits per heavy atom. The molecule has 3 heterocycles. The second-order valence-electron chi connectivity index (χ2n) is 11.4. The predicted octanol–water partition coefficient (Wildman–Crippen LogP) is 10.5. The summed E-state index contributed by atoms with van der Waals surface area (Å²) in [5.74, 6) is 0.702. The van der Waals surface area contributed by atoms with Gasteiger partial charge in [-0.05, 0) is 35.4 Å². The first-order valence-corrected chi connectivity index (χ1v) is 16.2. The molecule has 0 fully saturated rings. The molecule has 6 heteroatoms. The number of hydrogen-bond acceptors (Lipinski definition) is 6. The average molecular weight is 620 g/mol. The van der Waals surface area contributed by atoms with E-state index in [9.17, 15) is 0 Å². The Kier molecular flexibility index (Phi) is 6.58. The Bertz CT molecular complexity index is 2490. The fourth-order valence-electron chi connectivity index (χ4n) is 6.32. The Morgan fingerprint density at radius 3 is 1.72 bits per heavy atom. The lowest BCUT2D eigenvalue weighted by molar-refractivity contribution is 1.18. The number of aromatic nitrogens is 5. The molecular weight excluding hydrogens is 595 g/mol. The van der Waals surface area contributed by atoms with Gasteiger partial charge in [-0.25, -0.2) is 15.0 Å². The van der Waals surface area contributed by atoms with Crippen LogP contribution in [0.2, 0.25) is 0 Å². The Balaban J connectivity index is 1.21. The van der Waals surface area contributed by atoms with Crippen LogP contribution in [0.5, 0.6) is 0 Å². The van der Waals surface area contributed by atoms with Gasteiger partial charge in [-0.1, -0.05) is 127 Å². The SMILES string of the molecule is c1ccc(-c2cc(-c3ccc(-c4cccc5nc(-c6ccccc6)c6ccc7nsnc7c6c45)cc3)nc(-c3ccccc3)n2)cc1. The molecule has 9 aromatic rings. The molecule has 6 aromatic carbocycles. The van der Waals surface area contributed by atoms with E-state index in [0.29, 0.717) is 5.82 Å². The average Bonchev–Trinajstić information content (AvgIpc) is 3.65. The quantitative estimate of drug-likeness (QED) is 0.179. The Labute approximate surface area is 275 Å². The lowest BCUT2D eigenvalue weighted by Crippen LogP contribution is -1.96. The van der Waals surface area contributed by atoms with Crippen LogP contribution in [-0.4, -0.2) is 23.7 Å². The highest BCUT2D eigenvalue weighted by Gasteiger charge is 2.18. The smallest absolute Gasteiger partial charge is 0.160 e. The van der Waals surface area contributed by atoms with Crippen molar-refractivity contribution in [2.75, 3.05) is 0 Å². The first-order valence-electron chi connectivity index (χ1n) is 15.4. The fourth-order valence-corrected chi connectivity index (χ4v) is 6.87. The van der Waals surface area contributed by atoms with Crippen LogP contribution in [0.15, 0.2) is 152 Å². The van der Waals surface area contributed by atoms with Crippen LogP contribution in [0, 0.1) is 0 Å². The third-order valence-corrected chi connectivity index (χ3v) is 9.12. The summed E-state index contributed by atoms with van der Waals surface area (Å²) in [5.41, 5.74) is 11.8. The van der Waals surface area contributed by atoms with Gasteiger partial charge in [0.2, 0.25) is 0 Å². The van der Waals surface area contributed by atoms with E-state index in [1.54, 1.807) is 0 Å². The minimum atomic E-state index is 0.702. The summed E-state index contributed by atoms with van der Waals surface area (Å²) in [5, 5.41) is 3.22. The van der Waals surface area contributed by atoms with Crippen molar-refractivity contribution in [3.8, 4) is 56.3 Å². The third kappa shape index (κ3) is 4.83. The van der Waals surface area contributed by atoms with Gasteiger partial charge in [0.05, 0.1) is 34.3 Å². The fraction of sp³-hybridized carbons (Fsp3) is 0. The van der Waals surface area contributed by atoms with Crippen molar-refractivity contribution >= 4 is 44.4 Å². The summed E-state index contributed by atoms with van der Waals surface area (Å²) >= 11 is 1.25. The molecule has 0 aliphatic rings. The van der Waals surface area contributed by atoms with E-state index >= 15 is 0 Å². The van der Waals surface area contributed by atoms with Crippen LogP contribution >= 0.6 is 11.7 Å². The Hall–Kier alpha value is -6.11. The summed E-state index contributed by atoms with van der Waals surface area (Å²) < 4.78 is 9.36. The van der Waals surface area contributed by atoms with E-state index in [0.717, 1.165) is 83.2 Å². The van der Waals surface area contributed by atoms with Gasteiger partial charge in [-0.15, -0.1) is 0 Å². The van der Waals surface area contributed by atoms with Crippen molar-refractivity contribution in [2.45, 2.75) is 0 Å². The highest BCUT2D eigenvalue weighted by atomic mass is 32.1. The normalized spacial score (nSPS) is 11.4. The van der Waals surface area contributed by atoms with Crippen molar-refractivity contribution in [3.05, 3.63) is 152 Å². The molecule has 0 atom stereocenters. The largest absolute Gasteiger partial charge is 0.247 e. The summed E-state index contributed by atoms with van der Waals surface area (Å²) in [4.78, 5) is 15.2. The Morgan fingerprint density at radius 2 is 1.02 bits per heavy atom. The van der Waals surface area contributed by atoms with E-state index in [1.807, 2.05) is 60.7 Å². The highest BCUT2D eigenvalue weighted by Crippen LogP contribution is 2.41. The van der Waals surface area contributed by atoms with Crippen molar-refractivity contribution in [2.24, 2.45) is 0 Å². The number of pyridine rings is 1. The van der Waals surface area contributed by atoms with Gasteiger partial charge in [0, 0.05) is 38.4 Å². The van der Waals surface area contributed by atoms with E-state index < -0.39 is 0 Å². The molecule has 0 bridgehead atoms. The number of hydrogen-bond donors (Lipinski definition) is 0. The second-order valence-corrected chi connectivity index (χ2v) is 11.9. The maximum absolute atomic E-state index is 5.23. The van der Waals surface area contributed by atoms with Gasteiger partial charge in [0.1, 0.15) is 11.0 Å². The van der Waals surface area contributed by atoms with E-state index in [4.69, 9.17) is 19.3 Å². The molecule has 0 aliphatic carbocycles. The minimum absolute atomic E-state index is 0.702. The van der Waals surface area contributed by atoms with Gasteiger partial charge < -0.3 is 0 Å². The first kappa shape index (κ1) is 27.2. The van der Waals surface area contributed by atoms with Crippen LogP contribution in [-0.2, 0) is 0 Å². The number of fused-ring (bicyclic) bond motifs is 5. The molecule has 220 valence electrons. The van der Waals surface area contributed by atoms with Crippen LogP contribution in [0.25, 0.3) is 89.0 Å². The maximum Gasteiger partial charge on any atom is 0.160 e. The molecular formula is C41H25N5S. The standard InChI is InChI=1S/C41H25N5S/c1-4-11-27(12-5-1)35-25-36(44-41(43-35)30-15-8-3-9-16-30)28-21-19-26(20-22-28)31-17-10-18-33-37(31)38-32(23-24-34-40(38)46-47-45-34)39(42-33)29-13-6-2-7-14-29/h1-25H. The van der Waals surface area contributed by atoms with Crippen molar-refractivity contribution < 1.29 is 0 Å². The van der Waals surface area contributed by atoms with Crippen LogP contribution in [0.4, 0.5) is 0 Å². The molecule has 0 aliphatic heterocycles. The molecule has 0 radical (unpaired) electrons. The van der Waals surface area contributed by atoms with Crippen molar-refractivity contribution in [3.63, 3.8) is 0 Å². The first-order chi connectivity index (χ1) is 23.3. The molecule has 0 N–H and O–H groups in total. The lowest BCUT2D eigenvalue weighted by atomic mass is 9.93. The van der Waals surface area contributed by atoms with Crippen molar-refractivity contribution in [1.29, 1.82) is 0 Å². The van der Waals surface area contributed by atoms with Crippen molar-refractivity contribution in [1.82, 2.24) is 23.7 Å².